The Morgan fingerprint density at radius 3 is 2.39 bits per heavy atom. The zero-order valence-electron chi connectivity index (χ0n) is 17.7. The van der Waals surface area contributed by atoms with Crippen molar-refractivity contribution in [2.24, 2.45) is 0 Å². The van der Waals surface area contributed by atoms with Crippen LogP contribution in [0.5, 0.6) is 0 Å². The van der Waals surface area contributed by atoms with E-state index >= 15 is 0 Å². The smallest absolute Gasteiger partial charge is 0.306 e. The fraction of sp³-hybridized carbons (Fsp3) is 0.304. The molecule has 0 radical (unpaired) electrons. The summed E-state index contributed by atoms with van der Waals surface area (Å²) in [6.45, 7) is 3.31. The lowest BCUT2D eigenvalue weighted by Crippen LogP contribution is -2.54. The van der Waals surface area contributed by atoms with E-state index in [9.17, 15) is 19.2 Å². The van der Waals surface area contributed by atoms with Crippen LogP contribution in [0.25, 0.3) is 11.1 Å². The summed E-state index contributed by atoms with van der Waals surface area (Å²) in [4.78, 5) is 49.2. The zero-order chi connectivity index (χ0) is 22.5. The topological polar surface area (TPSA) is 105 Å². The van der Waals surface area contributed by atoms with Crippen LogP contribution in [-0.2, 0) is 23.9 Å². The third-order valence-electron chi connectivity index (χ3n) is 5.23. The zero-order valence-corrected chi connectivity index (χ0v) is 17.7. The number of ether oxygens (including phenoxy) is 1. The van der Waals surface area contributed by atoms with Crippen molar-refractivity contribution < 1.29 is 23.9 Å². The SMILES string of the molecule is COC(=O)CCC(=O)N[C@@H](C)C(=O)NN1C(=O)C(C)c2ccccc2-c2ccccc21. The molecule has 0 bridgehead atoms. The molecule has 2 aromatic carbocycles. The number of nitrogens with one attached hydrogen (secondary N) is 2. The van der Waals surface area contributed by atoms with Gasteiger partial charge in [-0.3, -0.25) is 24.6 Å². The van der Waals surface area contributed by atoms with Crippen LogP contribution in [0, 0.1) is 0 Å². The molecule has 0 fully saturated rings. The maximum Gasteiger partial charge on any atom is 0.306 e. The molecule has 1 heterocycles. The highest BCUT2D eigenvalue weighted by atomic mass is 16.5. The molecule has 0 aliphatic carbocycles. The van der Waals surface area contributed by atoms with Crippen molar-refractivity contribution in [3.63, 3.8) is 0 Å². The molecule has 0 spiro atoms. The summed E-state index contributed by atoms with van der Waals surface area (Å²) < 4.78 is 4.50. The van der Waals surface area contributed by atoms with Gasteiger partial charge in [0.05, 0.1) is 25.1 Å². The van der Waals surface area contributed by atoms with Crippen LogP contribution < -0.4 is 15.8 Å². The average molecular weight is 423 g/mol. The average Bonchev–Trinajstić information content (AvgIpc) is 2.87. The highest BCUT2D eigenvalue weighted by Crippen LogP contribution is 2.39. The molecule has 1 aliphatic rings. The van der Waals surface area contributed by atoms with E-state index in [4.69, 9.17) is 0 Å². The summed E-state index contributed by atoms with van der Waals surface area (Å²) in [6.07, 6.45) is -0.174. The van der Waals surface area contributed by atoms with Crippen molar-refractivity contribution in [2.75, 3.05) is 12.1 Å². The van der Waals surface area contributed by atoms with Crippen molar-refractivity contribution in [3.05, 3.63) is 54.1 Å². The van der Waals surface area contributed by atoms with E-state index in [1.807, 2.05) is 36.4 Å². The Morgan fingerprint density at radius 2 is 1.68 bits per heavy atom. The third kappa shape index (κ3) is 4.74. The van der Waals surface area contributed by atoms with Gasteiger partial charge < -0.3 is 10.1 Å². The Bertz CT molecular complexity index is 1020. The fourth-order valence-electron chi connectivity index (χ4n) is 3.48. The second-order valence-electron chi connectivity index (χ2n) is 7.34. The minimum atomic E-state index is -0.911. The number of nitrogens with zero attached hydrogens (tertiary/aromatic N) is 1. The minimum absolute atomic E-state index is 0.0789. The first kappa shape index (κ1) is 22.0. The molecule has 1 unspecified atom stereocenters. The van der Waals surface area contributed by atoms with Crippen molar-refractivity contribution in [3.8, 4) is 11.1 Å². The van der Waals surface area contributed by atoms with Gasteiger partial charge in [0.25, 0.3) is 11.8 Å². The van der Waals surface area contributed by atoms with E-state index in [2.05, 4.69) is 15.5 Å². The molecule has 0 aromatic heterocycles. The normalized spacial score (nSPS) is 15.8. The highest BCUT2D eigenvalue weighted by molar-refractivity contribution is 6.06. The molecule has 2 N–H and O–H groups in total. The molecule has 31 heavy (non-hydrogen) atoms. The third-order valence-corrected chi connectivity index (χ3v) is 5.23. The first-order chi connectivity index (χ1) is 14.8. The van der Waals surface area contributed by atoms with Gasteiger partial charge in [-0.1, -0.05) is 42.5 Å². The Labute approximate surface area is 180 Å². The molecule has 1 aliphatic heterocycles. The predicted molar refractivity (Wildman–Crippen MR) is 115 cm³/mol. The van der Waals surface area contributed by atoms with Crippen LogP contribution in [0.15, 0.2) is 48.5 Å². The summed E-state index contributed by atoms with van der Waals surface area (Å²) in [5.41, 5.74) is 5.84. The first-order valence-electron chi connectivity index (χ1n) is 10.0. The van der Waals surface area contributed by atoms with E-state index < -0.39 is 29.7 Å². The lowest BCUT2D eigenvalue weighted by Gasteiger charge is -2.27. The van der Waals surface area contributed by atoms with Gasteiger partial charge in [0.2, 0.25) is 5.91 Å². The monoisotopic (exact) mass is 423 g/mol. The number of carbonyl (C=O) groups is 4. The quantitative estimate of drug-likeness (QED) is 0.694. The van der Waals surface area contributed by atoms with E-state index in [0.29, 0.717) is 5.69 Å². The van der Waals surface area contributed by atoms with Crippen molar-refractivity contribution in [1.29, 1.82) is 0 Å². The largest absolute Gasteiger partial charge is 0.469 e. The highest BCUT2D eigenvalue weighted by Gasteiger charge is 2.33. The van der Waals surface area contributed by atoms with E-state index in [1.54, 1.807) is 19.1 Å². The lowest BCUT2D eigenvalue weighted by molar-refractivity contribution is -0.142. The number of rotatable bonds is 6. The van der Waals surface area contributed by atoms with Crippen LogP contribution in [0.2, 0.25) is 0 Å². The van der Waals surface area contributed by atoms with Crippen LogP contribution in [0.3, 0.4) is 0 Å². The van der Waals surface area contributed by atoms with E-state index in [-0.39, 0.29) is 18.7 Å². The number of carbonyl (C=O) groups excluding carboxylic acids is 4. The number of hydrogen-bond acceptors (Lipinski definition) is 5. The molecule has 3 rings (SSSR count). The number of hydrazine groups is 1. The van der Waals surface area contributed by atoms with Gasteiger partial charge in [-0.05, 0) is 31.0 Å². The second-order valence-corrected chi connectivity index (χ2v) is 7.34. The van der Waals surface area contributed by atoms with Crippen molar-refractivity contribution in [2.45, 2.75) is 38.6 Å². The molecule has 2 atom stereocenters. The summed E-state index contributed by atoms with van der Waals surface area (Å²) in [6, 6.07) is 14.1. The summed E-state index contributed by atoms with van der Waals surface area (Å²) in [5.74, 6) is -2.28. The molecule has 8 nitrogen and oxygen atoms in total. The second kappa shape index (κ2) is 9.42. The first-order valence-corrected chi connectivity index (χ1v) is 10.0. The van der Waals surface area contributed by atoms with Crippen molar-refractivity contribution >= 4 is 29.4 Å². The minimum Gasteiger partial charge on any atom is -0.469 e. The number of hydrogen-bond donors (Lipinski definition) is 2. The Balaban J connectivity index is 1.79. The number of methoxy groups -OCH3 is 1. The number of amides is 3. The number of esters is 1. The molecule has 8 heteroatoms. The van der Waals surface area contributed by atoms with Crippen LogP contribution >= 0.6 is 0 Å². The maximum atomic E-state index is 13.2. The summed E-state index contributed by atoms with van der Waals surface area (Å²) in [5, 5.41) is 3.78. The van der Waals surface area contributed by atoms with Gasteiger partial charge in [-0.2, -0.15) is 0 Å². The molecule has 0 saturated carbocycles. The molecule has 2 aromatic rings. The number of anilines is 1. The van der Waals surface area contributed by atoms with E-state index in [0.717, 1.165) is 16.7 Å². The molecule has 3 amide bonds. The molecular formula is C23H25N3O5. The summed E-state index contributed by atoms with van der Waals surface area (Å²) in [7, 11) is 1.24. The van der Waals surface area contributed by atoms with E-state index in [1.165, 1.54) is 19.0 Å². The van der Waals surface area contributed by atoms with Crippen molar-refractivity contribution in [1.82, 2.24) is 10.7 Å². The van der Waals surface area contributed by atoms with Gasteiger partial charge >= 0.3 is 5.97 Å². The molecule has 162 valence electrons. The van der Waals surface area contributed by atoms with Gasteiger partial charge in [-0.25, -0.2) is 5.01 Å². The fourth-order valence-corrected chi connectivity index (χ4v) is 3.48. The van der Waals surface area contributed by atoms with Gasteiger partial charge in [0.1, 0.15) is 6.04 Å². The van der Waals surface area contributed by atoms with Crippen LogP contribution in [-0.4, -0.2) is 36.8 Å². The standard InChI is InChI=1S/C23H25N3O5/c1-14-16-8-4-5-9-17(16)18-10-6-7-11-19(18)26(23(14)30)25-22(29)15(2)24-20(27)12-13-21(28)31-3/h4-11,14-15H,12-13H2,1-3H3,(H,24,27)(H,25,29)/t14?,15-/m0/s1. The number of para-hydroxylation sites is 1. The Hall–Kier alpha value is -3.68. The maximum absolute atomic E-state index is 13.2. The van der Waals surface area contributed by atoms with Crippen LogP contribution in [0.1, 0.15) is 38.2 Å². The molecule has 0 saturated heterocycles. The Morgan fingerprint density at radius 1 is 1.03 bits per heavy atom. The summed E-state index contributed by atoms with van der Waals surface area (Å²) >= 11 is 0. The predicted octanol–water partition coefficient (Wildman–Crippen LogP) is 2.29. The molecular weight excluding hydrogens is 398 g/mol. The lowest BCUT2D eigenvalue weighted by atomic mass is 9.92. The Kier molecular flexibility index (Phi) is 6.69. The van der Waals surface area contributed by atoms with Gasteiger partial charge in [-0.15, -0.1) is 0 Å². The van der Waals surface area contributed by atoms with Gasteiger partial charge in [0, 0.05) is 12.0 Å². The van der Waals surface area contributed by atoms with Crippen LogP contribution in [0.4, 0.5) is 5.69 Å². The van der Waals surface area contributed by atoms with Gasteiger partial charge in [0.15, 0.2) is 0 Å². The number of benzene rings is 2. The number of fused-ring (bicyclic) bond motifs is 3.